The minimum atomic E-state index is 0.319. The van der Waals surface area contributed by atoms with Crippen LogP contribution in [-0.4, -0.2) is 11.6 Å². The maximum Gasteiger partial charge on any atom is 0.238 e. The van der Waals surface area contributed by atoms with Crippen LogP contribution in [0.1, 0.15) is 6.92 Å². The molecule has 0 aliphatic rings. The average Bonchev–Trinajstić information content (AvgIpc) is 2.34. The van der Waals surface area contributed by atoms with Gasteiger partial charge in [-0.2, -0.15) is 0 Å². The van der Waals surface area contributed by atoms with Gasteiger partial charge in [-0.05, 0) is 25.1 Å². The molecule has 0 fully saturated rings. The molecule has 0 radical (unpaired) electrons. The number of pyridine rings is 1. The quantitative estimate of drug-likeness (QED) is 0.918. The number of nitrogens with two attached hydrogens (primary N) is 1. The first-order chi connectivity index (χ1) is 8.69. The lowest BCUT2D eigenvalue weighted by Crippen LogP contribution is -1.94. The second-order valence-corrected chi connectivity index (χ2v) is 3.97. The van der Waals surface area contributed by atoms with Gasteiger partial charge in [0.2, 0.25) is 5.88 Å². The summed E-state index contributed by atoms with van der Waals surface area (Å²) in [6, 6.07) is 8.87. The molecule has 18 heavy (non-hydrogen) atoms. The number of rotatable bonds is 4. The molecule has 0 aliphatic heterocycles. The summed E-state index contributed by atoms with van der Waals surface area (Å²) in [5, 5.41) is 0.372. The van der Waals surface area contributed by atoms with E-state index in [-0.39, 0.29) is 0 Å². The summed E-state index contributed by atoms with van der Waals surface area (Å²) in [5.74, 6) is 1.67. The van der Waals surface area contributed by atoms with Crippen molar-refractivity contribution in [3.05, 3.63) is 41.6 Å². The minimum absolute atomic E-state index is 0.319. The molecular weight excluding hydrogens is 252 g/mol. The Balaban J connectivity index is 2.20. The molecule has 1 heterocycles. The Morgan fingerprint density at radius 1 is 1.28 bits per heavy atom. The molecule has 2 rings (SSSR count). The first-order valence-corrected chi connectivity index (χ1v) is 5.88. The third-order valence-electron chi connectivity index (χ3n) is 2.16. The molecule has 0 saturated heterocycles. The zero-order valence-corrected chi connectivity index (χ0v) is 10.6. The van der Waals surface area contributed by atoms with Gasteiger partial charge in [0, 0.05) is 6.07 Å². The third kappa shape index (κ3) is 3.05. The Morgan fingerprint density at radius 2 is 2.06 bits per heavy atom. The van der Waals surface area contributed by atoms with Gasteiger partial charge in [-0.1, -0.05) is 17.7 Å². The van der Waals surface area contributed by atoms with Gasteiger partial charge in [-0.15, -0.1) is 0 Å². The lowest BCUT2D eigenvalue weighted by Gasteiger charge is -2.08. The van der Waals surface area contributed by atoms with Crippen molar-refractivity contribution in [3.8, 4) is 17.4 Å². The van der Waals surface area contributed by atoms with E-state index in [1.165, 1.54) is 6.20 Å². The van der Waals surface area contributed by atoms with Crippen LogP contribution < -0.4 is 15.2 Å². The highest BCUT2D eigenvalue weighted by Crippen LogP contribution is 2.29. The van der Waals surface area contributed by atoms with Gasteiger partial charge in [0.05, 0.1) is 18.5 Å². The molecule has 0 aliphatic carbocycles. The van der Waals surface area contributed by atoms with Gasteiger partial charge >= 0.3 is 0 Å². The molecule has 1 aromatic heterocycles. The number of aromatic nitrogens is 1. The van der Waals surface area contributed by atoms with Crippen LogP contribution >= 0.6 is 11.6 Å². The predicted octanol–water partition coefficient (Wildman–Crippen LogP) is 3.51. The largest absolute Gasteiger partial charge is 0.494 e. The number of ether oxygens (including phenoxy) is 2. The minimum Gasteiger partial charge on any atom is -0.494 e. The normalized spacial score (nSPS) is 10.1. The lowest BCUT2D eigenvalue weighted by atomic mass is 10.3. The Bertz CT molecular complexity index is 546. The SMILES string of the molecule is CCOc1cccc(Oc2ncc(N)cc2Cl)c1. The number of hydrogen-bond donors (Lipinski definition) is 1. The molecule has 0 atom stereocenters. The lowest BCUT2D eigenvalue weighted by molar-refractivity contribution is 0.338. The van der Waals surface area contributed by atoms with Crippen LogP contribution in [-0.2, 0) is 0 Å². The molecule has 1 aromatic carbocycles. The monoisotopic (exact) mass is 264 g/mol. The Morgan fingerprint density at radius 3 is 2.78 bits per heavy atom. The number of hydrogen-bond acceptors (Lipinski definition) is 4. The maximum absolute atomic E-state index is 5.98. The smallest absolute Gasteiger partial charge is 0.238 e. The fourth-order valence-electron chi connectivity index (χ4n) is 1.42. The average molecular weight is 265 g/mol. The zero-order valence-electron chi connectivity index (χ0n) is 9.89. The summed E-state index contributed by atoms with van der Waals surface area (Å²) in [4.78, 5) is 4.03. The third-order valence-corrected chi connectivity index (χ3v) is 2.43. The van der Waals surface area contributed by atoms with E-state index in [4.69, 9.17) is 26.8 Å². The number of nitrogens with zero attached hydrogens (tertiary/aromatic N) is 1. The van der Waals surface area contributed by atoms with Crippen molar-refractivity contribution < 1.29 is 9.47 Å². The molecule has 2 aromatic rings. The van der Waals surface area contributed by atoms with Crippen molar-refractivity contribution in [1.82, 2.24) is 4.98 Å². The highest BCUT2D eigenvalue weighted by atomic mass is 35.5. The standard InChI is InChI=1S/C13H13ClN2O2/c1-2-17-10-4-3-5-11(7-10)18-13-12(14)6-9(15)8-16-13/h3-8H,2,15H2,1H3. The molecule has 5 heteroatoms. The molecular formula is C13H13ClN2O2. The summed E-state index contributed by atoms with van der Waals surface area (Å²) < 4.78 is 11.0. The molecule has 2 N–H and O–H groups in total. The summed E-state index contributed by atoms with van der Waals surface area (Å²) >= 11 is 5.98. The topological polar surface area (TPSA) is 57.4 Å². The number of benzene rings is 1. The Labute approximate surface area is 110 Å². The van der Waals surface area contributed by atoms with Crippen LogP contribution in [0.25, 0.3) is 0 Å². The van der Waals surface area contributed by atoms with Crippen molar-refractivity contribution in [1.29, 1.82) is 0 Å². The zero-order chi connectivity index (χ0) is 13.0. The predicted molar refractivity (Wildman–Crippen MR) is 71.3 cm³/mol. The Hall–Kier alpha value is -1.94. The van der Waals surface area contributed by atoms with Crippen LogP contribution in [0.4, 0.5) is 5.69 Å². The van der Waals surface area contributed by atoms with E-state index in [1.54, 1.807) is 18.2 Å². The van der Waals surface area contributed by atoms with Gasteiger partial charge in [0.1, 0.15) is 16.5 Å². The van der Waals surface area contributed by atoms with E-state index in [0.29, 0.717) is 28.9 Å². The second kappa shape index (κ2) is 5.60. The van der Waals surface area contributed by atoms with Crippen LogP contribution in [0.5, 0.6) is 17.4 Å². The van der Waals surface area contributed by atoms with E-state index in [1.807, 2.05) is 19.1 Å². The molecule has 0 bridgehead atoms. The summed E-state index contributed by atoms with van der Waals surface area (Å²) in [5.41, 5.74) is 6.06. The van der Waals surface area contributed by atoms with Gasteiger partial charge in [0.25, 0.3) is 0 Å². The summed E-state index contributed by atoms with van der Waals surface area (Å²) in [7, 11) is 0. The van der Waals surface area contributed by atoms with Crippen LogP contribution in [0, 0.1) is 0 Å². The van der Waals surface area contributed by atoms with Gasteiger partial charge in [-0.25, -0.2) is 4.98 Å². The molecule has 0 spiro atoms. The van der Waals surface area contributed by atoms with Crippen LogP contribution in [0.3, 0.4) is 0 Å². The van der Waals surface area contributed by atoms with E-state index in [2.05, 4.69) is 4.98 Å². The highest BCUT2D eigenvalue weighted by Gasteiger charge is 2.06. The summed E-state index contributed by atoms with van der Waals surface area (Å²) in [6.45, 7) is 2.52. The van der Waals surface area contributed by atoms with Crippen LogP contribution in [0.2, 0.25) is 5.02 Å². The van der Waals surface area contributed by atoms with Crippen molar-refractivity contribution in [3.63, 3.8) is 0 Å². The first-order valence-electron chi connectivity index (χ1n) is 5.51. The fourth-order valence-corrected chi connectivity index (χ4v) is 1.63. The number of nitrogen functional groups attached to an aromatic ring is 1. The van der Waals surface area contributed by atoms with E-state index in [9.17, 15) is 0 Å². The van der Waals surface area contributed by atoms with Gasteiger partial charge in [0.15, 0.2) is 0 Å². The first kappa shape index (κ1) is 12.5. The molecule has 0 saturated carbocycles. The van der Waals surface area contributed by atoms with Crippen molar-refractivity contribution in [2.75, 3.05) is 12.3 Å². The molecule has 0 unspecified atom stereocenters. The van der Waals surface area contributed by atoms with E-state index in [0.717, 1.165) is 5.75 Å². The van der Waals surface area contributed by atoms with Crippen molar-refractivity contribution in [2.24, 2.45) is 0 Å². The second-order valence-electron chi connectivity index (χ2n) is 3.57. The van der Waals surface area contributed by atoms with Crippen molar-refractivity contribution >= 4 is 17.3 Å². The number of anilines is 1. The maximum atomic E-state index is 5.98. The highest BCUT2D eigenvalue weighted by molar-refractivity contribution is 6.32. The molecule has 0 amide bonds. The van der Waals surface area contributed by atoms with Gasteiger partial charge in [-0.3, -0.25) is 0 Å². The van der Waals surface area contributed by atoms with E-state index >= 15 is 0 Å². The molecule has 94 valence electrons. The van der Waals surface area contributed by atoms with E-state index < -0.39 is 0 Å². The van der Waals surface area contributed by atoms with Crippen LogP contribution in [0.15, 0.2) is 36.5 Å². The fraction of sp³-hybridized carbons (Fsp3) is 0.154. The van der Waals surface area contributed by atoms with Gasteiger partial charge < -0.3 is 15.2 Å². The van der Waals surface area contributed by atoms with Crippen molar-refractivity contribution in [2.45, 2.75) is 6.92 Å². The molecule has 4 nitrogen and oxygen atoms in total. The summed E-state index contributed by atoms with van der Waals surface area (Å²) in [6.07, 6.45) is 1.49. The number of halogens is 1. The Kier molecular flexibility index (Phi) is 3.89.